The largest absolute Gasteiger partial charge is 0.508 e. The van der Waals surface area contributed by atoms with Crippen LogP contribution in [0.5, 0.6) is 11.5 Å². The Kier molecular flexibility index (Phi) is 6.16. The smallest absolute Gasteiger partial charge is 0.196 e. The van der Waals surface area contributed by atoms with Gasteiger partial charge in [-0.1, -0.05) is 45.7 Å². The van der Waals surface area contributed by atoms with Gasteiger partial charge in [-0.2, -0.15) is 0 Å². The fraction of sp³-hybridized carbons (Fsp3) is 0.692. The molecule has 0 aromatic heterocycles. The van der Waals surface area contributed by atoms with Gasteiger partial charge in [-0.3, -0.25) is 9.59 Å². The molecule has 2 fully saturated rings. The van der Waals surface area contributed by atoms with E-state index in [1.54, 1.807) is 6.92 Å². The van der Waals surface area contributed by atoms with Crippen LogP contribution in [0.4, 0.5) is 0 Å². The van der Waals surface area contributed by atoms with Crippen LogP contribution in [0.1, 0.15) is 86.6 Å². The number of aromatic hydroxyl groups is 2. The van der Waals surface area contributed by atoms with Gasteiger partial charge in [-0.25, -0.2) is 0 Å². The van der Waals surface area contributed by atoms with Crippen LogP contribution < -0.4 is 0 Å². The molecule has 1 aromatic carbocycles. The third-order valence-corrected chi connectivity index (χ3v) is 11.9. The van der Waals surface area contributed by atoms with Crippen LogP contribution in [-0.4, -0.2) is 53.3 Å². The van der Waals surface area contributed by atoms with Crippen LogP contribution in [-0.2, 0) is 4.74 Å². The number of ketones is 2. The molecule has 3 N–H and O–H groups in total. The number of hydrogen-bond donors (Lipinski definition) is 3. The molecule has 2 aliphatic carbocycles. The minimum absolute atomic E-state index is 0.0191. The van der Waals surface area contributed by atoms with Crippen LogP contribution in [0, 0.1) is 24.2 Å². The number of rotatable bonds is 2. The van der Waals surface area contributed by atoms with Crippen molar-refractivity contribution in [1.29, 1.82) is 0 Å². The Morgan fingerprint density at radius 3 is 2.32 bits per heavy atom. The molecule has 1 saturated carbocycles. The van der Waals surface area contributed by atoms with Crippen molar-refractivity contribution in [2.75, 3.05) is 0 Å². The number of phenolic OH excluding ortho intramolecular Hbond substituents is 2. The fourth-order valence-corrected chi connectivity index (χ4v) is 7.46. The molecule has 1 aliphatic heterocycles. The molecule has 0 bridgehead atoms. The van der Waals surface area contributed by atoms with Gasteiger partial charge in [0.2, 0.25) is 0 Å². The number of hydrogen-bond acceptors (Lipinski definition) is 6. The van der Waals surface area contributed by atoms with E-state index in [0.717, 1.165) is 6.42 Å². The van der Waals surface area contributed by atoms with Crippen molar-refractivity contribution in [3.05, 3.63) is 22.8 Å². The molecule has 1 saturated heterocycles. The van der Waals surface area contributed by atoms with E-state index >= 15 is 0 Å². The topological polar surface area (TPSA) is 104 Å². The molecule has 34 heavy (non-hydrogen) atoms. The SMILES string of the molecule is Cc1c(O)cc2c(c1O)C(=O)[C@H]1C[C@@H](Br)C(C)(C)O[C@@]1(C[C@H]1C(C)(C)[C@@H](Br)CC[C@]1(C)O)C2=O. The number of aliphatic hydroxyl groups is 1. The zero-order valence-electron chi connectivity index (χ0n) is 20.5. The maximum atomic E-state index is 14.3. The summed E-state index contributed by atoms with van der Waals surface area (Å²) in [6.07, 6.45) is 1.85. The van der Waals surface area contributed by atoms with E-state index in [2.05, 4.69) is 45.7 Å². The number of fused-ring (bicyclic) bond motifs is 2. The van der Waals surface area contributed by atoms with E-state index in [-0.39, 0.29) is 61.4 Å². The van der Waals surface area contributed by atoms with Crippen LogP contribution in [0.15, 0.2) is 6.07 Å². The number of carbonyl (C=O) groups is 2. The van der Waals surface area contributed by atoms with Gasteiger partial charge in [0, 0.05) is 20.8 Å². The molecule has 188 valence electrons. The third kappa shape index (κ3) is 3.61. The van der Waals surface area contributed by atoms with Gasteiger partial charge in [0.05, 0.1) is 22.7 Å². The number of benzene rings is 1. The highest BCUT2D eigenvalue weighted by molar-refractivity contribution is 9.09. The summed E-state index contributed by atoms with van der Waals surface area (Å²) in [5, 5.41) is 32.6. The van der Waals surface area contributed by atoms with E-state index < -0.39 is 28.5 Å². The highest BCUT2D eigenvalue weighted by Gasteiger charge is 2.65. The van der Waals surface area contributed by atoms with Crippen molar-refractivity contribution in [2.24, 2.45) is 17.3 Å². The van der Waals surface area contributed by atoms with E-state index in [9.17, 15) is 24.9 Å². The molecule has 6 nitrogen and oxygen atoms in total. The zero-order chi connectivity index (χ0) is 25.6. The maximum Gasteiger partial charge on any atom is 0.196 e. The summed E-state index contributed by atoms with van der Waals surface area (Å²) in [7, 11) is 0. The molecule has 0 amide bonds. The zero-order valence-corrected chi connectivity index (χ0v) is 23.7. The van der Waals surface area contributed by atoms with E-state index in [0.29, 0.717) is 12.8 Å². The van der Waals surface area contributed by atoms with Crippen LogP contribution in [0.2, 0.25) is 0 Å². The Labute approximate surface area is 217 Å². The normalized spacial score (nSPS) is 38.9. The molecule has 0 unspecified atom stereocenters. The lowest BCUT2D eigenvalue weighted by Gasteiger charge is -2.58. The van der Waals surface area contributed by atoms with Gasteiger partial charge < -0.3 is 20.1 Å². The Bertz CT molecular complexity index is 1060. The monoisotopic (exact) mass is 600 g/mol. The summed E-state index contributed by atoms with van der Waals surface area (Å²) < 4.78 is 6.64. The van der Waals surface area contributed by atoms with Crippen molar-refractivity contribution in [3.8, 4) is 11.5 Å². The van der Waals surface area contributed by atoms with Gasteiger partial charge in [0.25, 0.3) is 0 Å². The van der Waals surface area contributed by atoms with Gasteiger partial charge in [-0.05, 0) is 70.8 Å². The van der Waals surface area contributed by atoms with Crippen molar-refractivity contribution in [2.45, 2.75) is 93.7 Å². The molecular formula is C26H34Br2O6. The second kappa shape index (κ2) is 8.02. The molecule has 0 radical (unpaired) electrons. The summed E-state index contributed by atoms with van der Waals surface area (Å²) in [5.74, 6) is -2.57. The number of Topliss-reactive ketones (excluding diaryl/α,β-unsaturated/α-hetero) is 2. The number of alkyl halides is 2. The fourth-order valence-electron chi connectivity index (χ4n) is 6.44. The van der Waals surface area contributed by atoms with Crippen molar-refractivity contribution >= 4 is 43.4 Å². The highest BCUT2D eigenvalue weighted by atomic mass is 79.9. The Hall–Kier alpha value is -0.960. The van der Waals surface area contributed by atoms with Gasteiger partial charge >= 0.3 is 0 Å². The van der Waals surface area contributed by atoms with Crippen molar-refractivity contribution in [3.63, 3.8) is 0 Å². The van der Waals surface area contributed by atoms with E-state index in [1.807, 2.05) is 13.8 Å². The first-order valence-corrected chi connectivity index (χ1v) is 13.7. The number of carbonyl (C=O) groups excluding carboxylic acids is 2. The number of phenols is 2. The molecule has 8 heteroatoms. The van der Waals surface area contributed by atoms with Crippen molar-refractivity contribution in [1.82, 2.24) is 0 Å². The van der Waals surface area contributed by atoms with E-state index in [4.69, 9.17) is 4.74 Å². The Morgan fingerprint density at radius 2 is 1.71 bits per heavy atom. The standard InChI is InChI=1S/C26H34Br2O6/c1-12-15(29)9-13-19(20(12)30)21(31)14-10-18(28)24(4,5)34-26(14,22(13)32)11-16-23(2,3)17(27)7-8-25(16,6)33/h9,14,16-18,29-30,33H,7-8,10-11H2,1-6H3/t14-,16+,17+,18-,25+,26-/m1/s1. The second-order valence-electron chi connectivity index (χ2n) is 11.8. The summed E-state index contributed by atoms with van der Waals surface area (Å²) in [6.45, 7) is 11.2. The second-order valence-corrected chi connectivity index (χ2v) is 14.0. The predicted molar refractivity (Wildman–Crippen MR) is 136 cm³/mol. The van der Waals surface area contributed by atoms with Crippen LogP contribution >= 0.6 is 31.9 Å². The van der Waals surface area contributed by atoms with Crippen LogP contribution in [0.3, 0.4) is 0 Å². The lowest BCUT2D eigenvalue weighted by Crippen LogP contribution is -2.67. The number of ether oxygens (including phenoxy) is 1. The lowest BCUT2D eigenvalue weighted by molar-refractivity contribution is -0.193. The molecule has 0 spiro atoms. The summed E-state index contributed by atoms with van der Waals surface area (Å²) >= 11 is 7.45. The molecule has 3 aliphatic rings. The maximum absolute atomic E-state index is 14.3. The number of halogens is 2. The molecule has 6 atom stereocenters. The first-order valence-electron chi connectivity index (χ1n) is 11.8. The average Bonchev–Trinajstić information content (AvgIpc) is 2.73. The molecule has 1 heterocycles. The molecule has 1 aromatic rings. The minimum atomic E-state index is -1.53. The van der Waals surface area contributed by atoms with Gasteiger partial charge in [0.15, 0.2) is 11.6 Å². The average molecular weight is 602 g/mol. The quantitative estimate of drug-likeness (QED) is 0.390. The lowest BCUT2D eigenvalue weighted by atomic mass is 9.54. The highest BCUT2D eigenvalue weighted by Crippen LogP contribution is 2.58. The molecular weight excluding hydrogens is 568 g/mol. The van der Waals surface area contributed by atoms with E-state index in [1.165, 1.54) is 13.0 Å². The molecule has 4 rings (SSSR count). The van der Waals surface area contributed by atoms with Gasteiger partial charge in [-0.15, -0.1) is 0 Å². The minimum Gasteiger partial charge on any atom is -0.508 e. The van der Waals surface area contributed by atoms with Crippen LogP contribution in [0.25, 0.3) is 0 Å². The Morgan fingerprint density at radius 1 is 1.09 bits per heavy atom. The third-order valence-electron chi connectivity index (χ3n) is 8.79. The predicted octanol–water partition coefficient (Wildman–Crippen LogP) is 5.44. The first-order chi connectivity index (χ1) is 15.5. The Balaban J connectivity index is 1.95. The first kappa shape index (κ1) is 26.1. The van der Waals surface area contributed by atoms with Gasteiger partial charge in [0.1, 0.15) is 17.1 Å². The van der Waals surface area contributed by atoms with Crippen molar-refractivity contribution < 1.29 is 29.6 Å². The summed E-state index contributed by atoms with van der Waals surface area (Å²) in [6, 6.07) is 1.27. The summed E-state index contributed by atoms with van der Waals surface area (Å²) in [4.78, 5) is 28.1. The summed E-state index contributed by atoms with van der Waals surface area (Å²) in [5.41, 5.74) is -3.64.